The Balaban J connectivity index is 0.00000132. The fourth-order valence-corrected chi connectivity index (χ4v) is 6.68. The van der Waals surface area contributed by atoms with Crippen LogP contribution in [0.5, 0.6) is 0 Å². The number of pyridine rings is 2. The molecule has 1 amide bonds. The number of aryl methyl sites for hydroxylation is 2. The fourth-order valence-electron chi connectivity index (χ4n) is 6.68. The van der Waals surface area contributed by atoms with Crippen molar-refractivity contribution in [2.45, 2.75) is 105 Å². The Morgan fingerprint density at radius 1 is 1.09 bits per heavy atom. The van der Waals surface area contributed by atoms with E-state index in [1.54, 1.807) is 38.1 Å². The molecule has 306 valence electrons. The second kappa shape index (κ2) is 20.4. The summed E-state index contributed by atoms with van der Waals surface area (Å²) in [4.78, 5) is 46.2. The van der Waals surface area contributed by atoms with Gasteiger partial charge in [-0.2, -0.15) is 0 Å². The molecule has 0 spiro atoms. The molecule has 0 radical (unpaired) electrons. The summed E-state index contributed by atoms with van der Waals surface area (Å²) >= 11 is 0. The zero-order chi connectivity index (χ0) is 41.9. The van der Waals surface area contributed by atoms with E-state index in [2.05, 4.69) is 10.3 Å². The minimum Gasteiger partial charge on any atom is -0.480 e. The van der Waals surface area contributed by atoms with Crippen LogP contribution in [0.4, 0.5) is 27.6 Å². The van der Waals surface area contributed by atoms with E-state index in [1.165, 1.54) is 36.0 Å². The van der Waals surface area contributed by atoms with E-state index < -0.39 is 53.6 Å². The summed E-state index contributed by atoms with van der Waals surface area (Å²) in [5, 5.41) is 13.2. The molecule has 56 heavy (non-hydrogen) atoms. The van der Waals surface area contributed by atoms with Crippen LogP contribution in [0.2, 0.25) is 0 Å². The van der Waals surface area contributed by atoms with Crippen LogP contribution in [0.1, 0.15) is 93.5 Å². The average Bonchev–Trinajstić information content (AvgIpc) is 3.14. The molecular formula is C42H53F5N4O5. The molecule has 2 aromatic carbocycles. The van der Waals surface area contributed by atoms with Crippen molar-refractivity contribution in [1.82, 2.24) is 14.9 Å². The van der Waals surface area contributed by atoms with Gasteiger partial charge in [0, 0.05) is 67.1 Å². The molecule has 9 nitrogen and oxygen atoms in total. The number of amides is 1. The van der Waals surface area contributed by atoms with Crippen LogP contribution in [0.3, 0.4) is 0 Å². The number of aromatic nitrogens is 2. The maximum Gasteiger partial charge on any atom is 0.326 e. The summed E-state index contributed by atoms with van der Waals surface area (Å²) in [6.45, 7) is 13.5. The Hall–Kier alpha value is -4.85. The SMILES string of the molecule is CC.CC(F)F.CCCc1cc(N2CCO[C@@H](C)C2)cc(F)c1C(=O)N[C@@H](Cc1ccc(-c2c(C(F)(F)CCC)cc(C)n(C)c2=O)c2ncccc12)C(=O)O. The van der Waals surface area contributed by atoms with Crippen molar-refractivity contribution < 1.29 is 41.4 Å². The van der Waals surface area contributed by atoms with Gasteiger partial charge in [0.05, 0.1) is 29.4 Å². The Morgan fingerprint density at radius 3 is 2.38 bits per heavy atom. The standard InChI is InChI=1S/C38H43F3N4O5.C2H4F2.C2H6/c1-6-9-25-18-26(45-15-16-50-23(4)21-45)20-30(39)32(25)35(46)43-31(37(48)49)19-24-11-12-28(34-27(24)10-8-14-42-34)33-29(38(40,41)13-7-2)17-22(3)44(5)36(33)47;1-2(3)4;1-2/h8,10-12,14,17-18,20,23,31H,6-7,9,13,15-16,19,21H2,1-5H3,(H,43,46)(H,48,49);2H,1H3;1-2H3/t23-,31-;;/m0../s1. The van der Waals surface area contributed by atoms with E-state index in [9.17, 15) is 28.3 Å². The lowest BCUT2D eigenvalue weighted by Gasteiger charge is -2.33. The molecule has 0 aliphatic carbocycles. The maximum absolute atomic E-state index is 15.7. The van der Waals surface area contributed by atoms with Crippen LogP contribution >= 0.6 is 0 Å². The zero-order valence-electron chi connectivity index (χ0n) is 33.3. The molecular weight excluding hydrogens is 735 g/mol. The van der Waals surface area contributed by atoms with Crippen molar-refractivity contribution in [2.24, 2.45) is 7.05 Å². The number of aliphatic carboxylic acids is 1. The van der Waals surface area contributed by atoms with Crippen LogP contribution in [0, 0.1) is 12.7 Å². The number of carboxylic acid groups (broad SMARTS) is 1. The normalized spacial score (nSPS) is 14.8. The van der Waals surface area contributed by atoms with Crippen LogP contribution in [0.15, 0.2) is 53.5 Å². The fraction of sp³-hybridized carbons (Fsp3) is 0.476. The molecule has 1 aliphatic rings. The van der Waals surface area contributed by atoms with Crippen molar-refractivity contribution in [1.29, 1.82) is 0 Å². The number of morpholine rings is 1. The van der Waals surface area contributed by atoms with Gasteiger partial charge in [0.25, 0.3) is 17.4 Å². The number of anilines is 1. The summed E-state index contributed by atoms with van der Waals surface area (Å²) in [7, 11) is 1.51. The molecule has 0 saturated carbocycles. The van der Waals surface area contributed by atoms with Gasteiger partial charge < -0.3 is 24.6 Å². The van der Waals surface area contributed by atoms with Gasteiger partial charge in [0.15, 0.2) is 0 Å². The molecule has 1 fully saturated rings. The number of carbonyl (C=O) groups excluding carboxylic acids is 1. The van der Waals surface area contributed by atoms with Crippen molar-refractivity contribution in [3.05, 3.63) is 92.8 Å². The third kappa shape index (κ3) is 10.9. The molecule has 14 heteroatoms. The predicted octanol–water partition coefficient (Wildman–Crippen LogP) is 8.84. The van der Waals surface area contributed by atoms with E-state index in [0.717, 1.165) is 6.92 Å². The van der Waals surface area contributed by atoms with Gasteiger partial charge in [-0.3, -0.25) is 14.6 Å². The van der Waals surface area contributed by atoms with Crippen molar-refractivity contribution in [3.8, 4) is 11.1 Å². The highest BCUT2D eigenvalue weighted by Gasteiger charge is 2.36. The minimum atomic E-state index is -3.29. The third-order valence-electron chi connectivity index (χ3n) is 9.29. The Kier molecular flexibility index (Phi) is 16.6. The van der Waals surface area contributed by atoms with Gasteiger partial charge in [-0.05, 0) is 62.6 Å². The number of carbonyl (C=O) groups is 2. The number of benzene rings is 2. The van der Waals surface area contributed by atoms with Crippen LogP contribution in [-0.2, 0) is 35.3 Å². The van der Waals surface area contributed by atoms with E-state index >= 15 is 13.2 Å². The molecule has 2 aromatic heterocycles. The maximum atomic E-state index is 15.7. The van der Waals surface area contributed by atoms with E-state index in [-0.39, 0.29) is 41.2 Å². The third-order valence-corrected chi connectivity index (χ3v) is 9.29. The first-order valence-corrected chi connectivity index (χ1v) is 19.0. The number of carboxylic acids is 1. The number of fused-ring (bicyclic) bond motifs is 1. The zero-order valence-corrected chi connectivity index (χ0v) is 33.3. The smallest absolute Gasteiger partial charge is 0.326 e. The number of nitrogens with one attached hydrogen (secondary N) is 1. The molecule has 1 aliphatic heterocycles. The van der Waals surface area contributed by atoms with Crippen LogP contribution in [0.25, 0.3) is 22.0 Å². The molecule has 3 heterocycles. The van der Waals surface area contributed by atoms with E-state index in [0.29, 0.717) is 60.4 Å². The summed E-state index contributed by atoms with van der Waals surface area (Å²) in [5.41, 5.74) is 0.961. The van der Waals surface area contributed by atoms with Crippen molar-refractivity contribution in [2.75, 3.05) is 24.6 Å². The minimum absolute atomic E-state index is 0.0348. The van der Waals surface area contributed by atoms with Gasteiger partial charge in [-0.1, -0.05) is 58.7 Å². The molecule has 0 bridgehead atoms. The summed E-state index contributed by atoms with van der Waals surface area (Å²) < 4.78 is 74.4. The second-order valence-corrected chi connectivity index (χ2v) is 13.5. The highest BCUT2D eigenvalue weighted by Crippen LogP contribution is 2.40. The number of hydrogen-bond acceptors (Lipinski definition) is 6. The number of halogens is 5. The number of rotatable bonds is 12. The largest absolute Gasteiger partial charge is 0.480 e. The van der Waals surface area contributed by atoms with Gasteiger partial charge in [0.2, 0.25) is 6.43 Å². The first-order chi connectivity index (χ1) is 26.5. The Morgan fingerprint density at radius 2 is 1.77 bits per heavy atom. The molecule has 1 saturated heterocycles. The molecule has 2 N–H and O–H groups in total. The number of ether oxygens (including phenoxy) is 1. The van der Waals surface area contributed by atoms with Gasteiger partial charge in [-0.15, -0.1) is 0 Å². The van der Waals surface area contributed by atoms with Gasteiger partial charge in [0.1, 0.15) is 11.9 Å². The number of hydrogen-bond donors (Lipinski definition) is 2. The predicted molar refractivity (Wildman–Crippen MR) is 210 cm³/mol. The monoisotopic (exact) mass is 788 g/mol. The average molecular weight is 789 g/mol. The molecule has 4 aromatic rings. The van der Waals surface area contributed by atoms with Crippen LogP contribution in [-0.4, -0.2) is 64.8 Å². The molecule has 2 atom stereocenters. The van der Waals surface area contributed by atoms with E-state index in [1.807, 2.05) is 32.6 Å². The number of nitrogens with zero attached hydrogens (tertiary/aromatic N) is 3. The van der Waals surface area contributed by atoms with Gasteiger partial charge in [-0.25, -0.2) is 26.7 Å². The molecule has 5 rings (SSSR count). The topological polar surface area (TPSA) is 114 Å². The lowest BCUT2D eigenvalue weighted by molar-refractivity contribution is -0.139. The van der Waals surface area contributed by atoms with Crippen molar-refractivity contribution in [3.63, 3.8) is 0 Å². The van der Waals surface area contributed by atoms with Crippen molar-refractivity contribution >= 4 is 28.5 Å². The highest BCUT2D eigenvalue weighted by molar-refractivity contribution is 5.99. The highest BCUT2D eigenvalue weighted by atomic mass is 19.3. The first-order valence-electron chi connectivity index (χ1n) is 19.0. The summed E-state index contributed by atoms with van der Waals surface area (Å²) in [6.07, 6.45) is -0.176. The Bertz CT molecular complexity index is 2030. The van der Waals surface area contributed by atoms with Crippen LogP contribution < -0.4 is 15.8 Å². The lowest BCUT2D eigenvalue weighted by atomic mass is 9.90. The lowest BCUT2D eigenvalue weighted by Crippen LogP contribution is -2.43. The summed E-state index contributed by atoms with van der Waals surface area (Å²) in [6, 6.07) is 9.26. The quantitative estimate of drug-likeness (QED) is 0.138. The second-order valence-electron chi connectivity index (χ2n) is 13.5. The van der Waals surface area contributed by atoms with Gasteiger partial charge >= 0.3 is 5.97 Å². The number of alkyl halides is 4. The Labute approximate surface area is 324 Å². The first kappa shape index (κ1) is 45.5. The molecule has 0 unspecified atom stereocenters. The summed E-state index contributed by atoms with van der Waals surface area (Å²) in [5.74, 6) is -6.23. The van der Waals surface area contributed by atoms with E-state index in [4.69, 9.17) is 4.74 Å².